The number of carbonyl (C=O) groups excluding carboxylic acids is 1. The van der Waals surface area contributed by atoms with Crippen molar-refractivity contribution in [2.24, 2.45) is 7.05 Å². The van der Waals surface area contributed by atoms with Gasteiger partial charge >= 0.3 is 0 Å². The Morgan fingerprint density at radius 1 is 1.23 bits per heavy atom. The lowest BCUT2D eigenvalue weighted by Crippen LogP contribution is -2.34. The van der Waals surface area contributed by atoms with Gasteiger partial charge in [0, 0.05) is 35.9 Å². The van der Waals surface area contributed by atoms with Crippen molar-refractivity contribution in [1.82, 2.24) is 19.7 Å². The molecular formula is C21H28N4O. The summed E-state index contributed by atoms with van der Waals surface area (Å²) >= 11 is 0. The number of benzene rings is 1. The van der Waals surface area contributed by atoms with Crippen LogP contribution in [0.3, 0.4) is 0 Å². The average molecular weight is 352 g/mol. The standard InChI is InChI=1S/C21H28N4O/c1-6-19(25-15(3)13-14(2)23-25)21(26)22-12-11-17-16(4)24(5)20-10-8-7-9-18(17)20/h7-10,13,19H,6,11-12H2,1-5H3,(H,22,26). The zero-order valence-corrected chi connectivity index (χ0v) is 16.3. The molecule has 2 heterocycles. The van der Waals surface area contributed by atoms with Gasteiger partial charge in [0.2, 0.25) is 5.91 Å². The average Bonchev–Trinajstić information content (AvgIpc) is 3.07. The maximum atomic E-state index is 12.7. The van der Waals surface area contributed by atoms with Gasteiger partial charge in [-0.2, -0.15) is 5.10 Å². The summed E-state index contributed by atoms with van der Waals surface area (Å²) in [4.78, 5) is 12.7. The van der Waals surface area contributed by atoms with E-state index in [1.54, 1.807) is 0 Å². The van der Waals surface area contributed by atoms with E-state index in [1.807, 2.05) is 31.5 Å². The van der Waals surface area contributed by atoms with E-state index < -0.39 is 0 Å². The van der Waals surface area contributed by atoms with Crippen LogP contribution in [-0.4, -0.2) is 26.8 Å². The van der Waals surface area contributed by atoms with Crippen molar-refractivity contribution < 1.29 is 4.79 Å². The first kappa shape index (κ1) is 18.2. The van der Waals surface area contributed by atoms with Crippen LogP contribution in [0.15, 0.2) is 30.3 Å². The molecule has 1 N–H and O–H groups in total. The van der Waals surface area contributed by atoms with Crippen molar-refractivity contribution in [2.45, 2.75) is 46.6 Å². The predicted molar refractivity (Wildman–Crippen MR) is 105 cm³/mol. The molecule has 1 unspecified atom stereocenters. The molecule has 0 bridgehead atoms. The van der Waals surface area contributed by atoms with E-state index in [1.165, 1.54) is 22.2 Å². The summed E-state index contributed by atoms with van der Waals surface area (Å²) in [5.74, 6) is 0.0385. The van der Waals surface area contributed by atoms with Crippen molar-refractivity contribution in [1.29, 1.82) is 0 Å². The van der Waals surface area contributed by atoms with Gasteiger partial charge in [-0.3, -0.25) is 9.48 Å². The second-order valence-corrected chi connectivity index (χ2v) is 6.98. The largest absolute Gasteiger partial charge is 0.354 e. The molecule has 138 valence electrons. The van der Waals surface area contributed by atoms with Gasteiger partial charge in [0.1, 0.15) is 6.04 Å². The number of carbonyl (C=O) groups is 1. The highest BCUT2D eigenvalue weighted by Gasteiger charge is 2.21. The molecule has 0 spiro atoms. The minimum absolute atomic E-state index is 0.0385. The minimum Gasteiger partial charge on any atom is -0.354 e. The van der Waals surface area contributed by atoms with Gasteiger partial charge < -0.3 is 9.88 Å². The first-order valence-electron chi connectivity index (χ1n) is 9.27. The topological polar surface area (TPSA) is 51.9 Å². The van der Waals surface area contributed by atoms with E-state index >= 15 is 0 Å². The fraction of sp³-hybridized carbons (Fsp3) is 0.429. The third-order valence-corrected chi connectivity index (χ3v) is 5.23. The number of nitrogens with zero attached hydrogens (tertiary/aromatic N) is 3. The Morgan fingerprint density at radius 3 is 2.62 bits per heavy atom. The van der Waals surface area contributed by atoms with Gasteiger partial charge in [-0.25, -0.2) is 0 Å². The lowest BCUT2D eigenvalue weighted by molar-refractivity contribution is -0.124. The van der Waals surface area contributed by atoms with E-state index in [2.05, 4.69) is 53.2 Å². The van der Waals surface area contributed by atoms with Gasteiger partial charge in [0.05, 0.1) is 5.69 Å². The van der Waals surface area contributed by atoms with Crippen molar-refractivity contribution in [3.63, 3.8) is 0 Å². The Bertz CT molecular complexity index is 935. The molecule has 3 rings (SSSR count). The van der Waals surface area contributed by atoms with Crippen LogP contribution in [-0.2, 0) is 18.3 Å². The summed E-state index contributed by atoms with van der Waals surface area (Å²) in [7, 11) is 2.09. The highest BCUT2D eigenvalue weighted by atomic mass is 16.2. The summed E-state index contributed by atoms with van der Waals surface area (Å²) in [6.07, 6.45) is 1.55. The number of para-hydroxylation sites is 1. The van der Waals surface area contributed by atoms with E-state index in [4.69, 9.17) is 0 Å². The third kappa shape index (κ3) is 3.26. The molecule has 0 saturated heterocycles. The summed E-state index contributed by atoms with van der Waals surface area (Å²) in [5.41, 5.74) is 5.77. The highest BCUT2D eigenvalue weighted by Crippen LogP contribution is 2.25. The molecule has 0 aliphatic heterocycles. The number of rotatable bonds is 6. The van der Waals surface area contributed by atoms with Gasteiger partial charge in [-0.05, 0) is 51.3 Å². The zero-order chi connectivity index (χ0) is 18.8. The summed E-state index contributed by atoms with van der Waals surface area (Å²) in [5, 5.41) is 8.86. The van der Waals surface area contributed by atoms with Crippen molar-refractivity contribution >= 4 is 16.8 Å². The highest BCUT2D eigenvalue weighted by molar-refractivity contribution is 5.85. The van der Waals surface area contributed by atoms with E-state index in [-0.39, 0.29) is 11.9 Å². The molecular weight excluding hydrogens is 324 g/mol. The van der Waals surface area contributed by atoms with Gasteiger partial charge in [0.15, 0.2) is 0 Å². The SMILES string of the molecule is CCC(C(=O)NCCc1c(C)n(C)c2ccccc12)n1nc(C)cc1C. The molecule has 26 heavy (non-hydrogen) atoms. The fourth-order valence-electron chi connectivity index (χ4n) is 3.77. The van der Waals surface area contributed by atoms with E-state index in [9.17, 15) is 4.79 Å². The number of aryl methyl sites for hydroxylation is 3. The number of amides is 1. The Balaban J connectivity index is 1.71. The lowest BCUT2D eigenvalue weighted by atomic mass is 10.1. The molecule has 1 amide bonds. The molecule has 0 saturated carbocycles. The first-order chi connectivity index (χ1) is 12.4. The smallest absolute Gasteiger partial charge is 0.244 e. The molecule has 1 atom stereocenters. The van der Waals surface area contributed by atoms with Crippen LogP contribution in [0.25, 0.3) is 10.9 Å². The van der Waals surface area contributed by atoms with Gasteiger partial charge in [-0.15, -0.1) is 0 Å². The normalized spacial score (nSPS) is 12.5. The van der Waals surface area contributed by atoms with Crippen molar-refractivity contribution in [2.75, 3.05) is 6.54 Å². The maximum absolute atomic E-state index is 12.7. The molecule has 0 fully saturated rings. The molecule has 0 aliphatic rings. The Morgan fingerprint density at radius 2 is 1.96 bits per heavy atom. The predicted octanol–water partition coefficient (Wildman–Crippen LogP) is 3.61. The first-order valence-corrected chi connectivity index (χ1v) is 9.27. The molecule has 1 aromatic carbocycles. The lowest BCUT2D eigenvalue weighted by Gasteiger charge is -2.17. The van der Waals surface area contributed by atoms with E-state index in [0.29, 0.717) is 6.54 Å². The number of fused-ring (bicyclic) bond motifs is 1. The van der Waals surface area contributed by atoms with E-state index in [0.717, 1.165) is 24.2 Å². The van der Waals surface area contributed by atoms with Crippen LogP contribution in [0.4, 0.5) is 0 Å². The summed E-state index contributed by atoms with van der Waals surface area (Å²) in [6, 6.07) is 10.2. The maximum Gasteiger partial charge on any atom is 0.244 e. The molecule has 5 heteroatoms. The second kappa shape index (κ2) is 7.36. The Kier molecular flexibility index (Phi) is 5.16. The van der Waals surface area contributed by atoms with Crippen LogP contribution < -0.4 is 5.32 Å². The number of aromatic nitrogens is 3. The Labute approximate surface area is 155 Å². The second-order valence-electron chi connectivity index (χ2n) is 6.98. The monoisotopic (exact) mass is 352 g/mol. The van der Waals surface area contributed by atoms with Crippen molar-refractivity contribution in [3.8, 4) is 0 Å². The number of hydrogen-bond acceptors (Lipinski definition) is 2. The zero-order valence-electron chi connectivity index (χ0n) is 16.3. The minimum atomic E-state index is -0.252. The molecule has 0 aliphatic carbocycles. The number of hydrogen-bond donors (Lipinski definition) is 1. The van der Waals surface area contributed by atoms with Crippen LogP contribution >= 0.6 is 0 Å². The van der Waals surface area contributed by atoms with Gasteiger partial charge in [0.25, 0.3) is 0 Å². The van der Waals surface area contributed by atoms with Crippen LogP contribution in [0.5, 0.6) is 0 Å². The third-order valence-electron chi connectivity index (χ3n) is 5.23. The fourth-order valence-corrected chi connectivity index (χ4v) is 3.77. The molecule has 2 aromatic heterocycles. The molecule has 0 radical (unpaired) electrons. The molecule has 5 nitrogen and oxygen atoms in total. The van der Waals surface area contributed by atoms with Gasteiger partial charge in [-0.1, -0.05) is 25.1 Å². The summed E-state index contributed by atoms with van der Waals surface area (Å²) < 4.78 is 4.06. The van der Waals surface area contributed by atoms with Crippen molar-refractivity contribution in [3.05, 3.63) is 53.0 Å². The Hall–Kier alpha value is -2.56. The quantitative estimate of drug-likeness (QED) is 0.737. The summed E-state index contributed by atoms with van der Waals surface area (Å²) in [6.45, 7) is 8.74. The van der Waals surface area contributed by atoms with Crippen LogP contribution in [0.2, 0.25) is 0 Å². The molecule has 3 aromatic rings. The number of nitrogens with one attached hydrogen (secondary N) is 1. The van der Waals surface area contributed by atoms with Crippen LogP contribution in [0.1, 0.15) is 42.0 Å². The van der Waals surface area contributed by atoms with Crippen LogP contribution in [0, 0.1) is 20.8 Å².